The van der Waals surface area contributed by atoms with E-state index < -0.39 is 0 Å². The molecule has 2 fully saturated rings. The molecule has 8 nitrogen and oxygen atoms in total. The minimum Gasteiger partial charge on any atom is -0.383 e. The summed E-state index contributed by atoms with van der Waals surface area (Å²) in [5.74, 6) is 0.228. The average molecular weight is 454 g/mol. The van der Waals surface area contributed by atoms with Crippen LogP contribution in [0.5, 0.6) is 0 Å². The average Bonchev–Trinajstić information content (AvgIpc) is 3.54. The van der Waals surface area contributed by atoms with Gasteiger partial charge in [-0.2, -0.15) is 10.4 Å². The van der Waals surface area contributed by atoms with Crippen molar-refractivity contribution < 1.29 is 4.79 Å². The zero-order chi connectivity index (χ0) is 23.3. The van der Waals surface area contributed by atoms with Gasteiger partial charge in [-0.1, -0.05) is 30.3 Å². The van der Waals surface area contributed by atoms with Crippen LogP contribution in [0.25, 0.3) is 11.3 Å². The van der Waals surface area contributed by atoms with Gasteiger partial charge in [-0.25, -0.2) is 9.78 Å². The van der Waals surface area contributed by atoms with Crippen LogP contribution in [0.1, 0.15) is 48.9 Å². The van der Waals surface area contributed by atoms with Crippen molar-refractivity contribution >= 4 is 11.8 Å². The van der Waals surface area contributed by atoms with Gasteiger partial charge in [0.2, 0.25) is 0 Å². The molecule has 1 spiro atoms. The van der Waals surface area contributed by atoms with Gasteiger partial charge >= 0.3 is 6.03 Å². The quantitative estimate of drug-likeness (QED) is 0.630. The van der Waals surface area contributed by atoms with Crippen LogP contribution in [0, 0.1) is 11.3 Å². The number of aromatic nitrogens is 3. The van der Waals surface area contributed by atoms with Gasteiger partial charge in [0.05, 0.1) is 16.8 Å². The number of hydrogen-bond donors (Lipinski definition) is 2. The summed E-state index contributed by atoms with van der Waals surface area (Å²) in [4.78, 5) is 19.5. The summed E-state index contributed by atoms with van der Waals surface area (Å²) >= 11 is 0. The van der Waals surface area contributed by atoms with Crippen molar-refractivity contribution in [2.45, 2.75) is 49.6 Å². The Kier molecular flexibility index (Phi) is 4.63. The molecule has 4 heterocycles. The maximum atomic E-state index is 13.3. The van der Waals surface area contributed by atoms with Crippen LogP contribution in [-0.2, 0) is 17.5 Å². The van der Waals surface area contributed by atoms with Gasteiger partial charge < -0.3 is 16.0 Å². The minimum absolute atomic E-state index is 0.0278. The summed E-state index contributed by atoms with van der Waals surface area (Å²) in [5, 5.41) is 17.5. The number of fused-ring (bicyclic) bond motifs is 2. The number of nitrogens with one attached hydrogen (secondary N) is 1. The van der Waals surface area contributed by atoms with Gasteiger partial charge in [0.15, 0.2) is 0 Å². The van der Waals surface area contributed by atoms with Crippen molar-refractivity contribution in [1.29, 1.82) is 5.26 Å². The number of carbonyl (C=O) groups excluding carboxylic acids is 1. The van der Waals surface area contributed by atoms with Crippen molar-refractivity contribution in [3.8, 4) is 17.3 Å². The van der Waals surface area contributed by atoms with E-state index in [-0.39, 0.29) is 22.8 Å². The first-order valence-corrected chi connectivity index (χ1v) is 11.9. The third-order valence-electron chi connectivity index (χ3n) is 7.98. The third kappa shape index (κ3) is 3.15. The summed E-state index contributed by atoms with van der Waals surface area (Å²) in [6.07, 6.45) is 6.67. The highest BCUT2D eigenvalue weighted by Crippen LogP contribution is 2.45. The van der Waals surface area contributed by atoms with Crippen molar-refractivity contribution in [2.24, 2.45) is 0 Å². The number of urea groups is 1. The minimum atomic E-state index is -0.237. The van der Waals surface area contributed by atoms with E-state index in [9.17, 15) is 10.1 Å². The Morgan fingerprint density at radius 1 is 1.12 bits per heavy atom. The number of nitriles is 1. The van der Waals surface area contributed by atoms with Crippen molar-refractivity contribution in [3.05, 3.63) is 65.5 Å². The molecule has 2 aliphatic heterocycles. The van der Waals surface area contributed by atoms with Crippen LogP contribution in [0.15, 0.2) is 48.7 Å². The third-order valence-corrected chi connectivity index (χ3v) is 7.98. The van der Waals surface area contributed by atoms with E-state index in [2.05, 4.69) is 39.3 Å². The van der Waals surface area contributed by atoms with Crippen LogP contribution in [0.3, 0.4) is 0 Å². The number of hydrogen-bond acceptors (Lipinski definition) is 5. The largest absolute Gasteiger partial charge is 0.383 e. The van der Waals surface area contributed by atoms with E-state index in [1.165, 1.54) is 5.56 Å². The van der Waals surface area contributed by atoms with Crippen LogP contribution >= 0.6 is 0 Å². The molecule has 34 heavy (non-hydrogen) atoms. The molecule has 1 saturated heterocycles. The lowest BCUT2D eigenvalue weighted by Gasteiger charge is -2.44. The van der Waals surface area contributed by atoms with Gasteiger partial charge in [-0.3, -0.25) is 4.68 Å². The number of pyridine rings is 1. The number of likely N-dealkylation sites (tertiary alicyclic amines) is 1. The highest BCUT2D eigenvalue weighted by atomic mass is 16.2. The number of benzene rings is 1. The number of aryl methyl sites for hydroxylation is 1. The zero-order valence-corrected chi connectivity index (χ0v) is 19.0. The first kappa shape index (κ1) is 20.7. The van der Waals surface area contributed by atoms with Gasteiger partial charge in [0, 0.05) is 42.5 Å². The standard InChI is InChI=1S/C26H27N7O/c27-15-18-13-19(16-29-23(18)28)21-14-22-25(10-12-33(22)31-21)9-11-32(17-25)24(34)30-26(7-4-8-26)20-5-2-1-3-6-20/h1-3,5-6,13-14,16H,4,7-12,17H2,(H2,28,29)(H,30,34). The Morgan fingerprint density at radius 2 is 1.91 bits per heavy atom. The normalized spacial score (nSPS) is 22.3. The molecule has 3 aliphatic rings. The predicted molar refractivity (Wildman–Crippen MR) is 128 cm³/mol. The van der Waals surface area contributed by atoms with E-state index in [0.717, 1.165) is 62.1 Å². The molecule has 8 heteroatoms. The Morgan fingerprint density at radius 3 is 2.65 bits per heavy atom. The van der Waals surface area contributed by atoms with E-state index in [1.54, 1.807) is 12.3 Å². The summed E-state index contributed by atoms with van der Waals surface area (Å²) in [5.41, 5.74) is 9.75. The molecule has 1 aromatic carbocycles. The first-order valence-electron chi connectivity index (χ1n) is 11.9. The van der Waals surface area contributed by atoms with E-state index in [0.29, 0.717) is 12.1 Å². The van der Waals surface area contributed by atoms with Crippen LogP contribution in [-0.4, -0.2) is 38.8 Å². The van der Waals surface area contributed by atoms with E-state index >= 15 is 0 Å². The molecule has 1 saturated carbocycles. The molecule has 1 aliphatic carbocycles. The second-order valence-electron chi connectivity index (χ2n) is 9.84. The predicted octanol–water partition coefficient (Wildman–Crippen LogP) is 3.54. The molecule has 3 aromatic rings. The van der Waals surface area contributed by atoms with Gasteiger partial charge in [0.25, 0.3) is 0 Å². The van der Waals surface area contributed by atoms with Gasteiger partial charge in [-0.05, 0) is 49.8 Å². The molecule has 0 radical (unpaired) electrons. The smallest absolute Gasteiger partial charge is 0.318 e. The van der Waals surface area contributed by atoms with E-state index in [4.69, 9.17) is 10.8 Å². The molecule has 1 unspecified atom stereocenters. The number of nitrogen functional groups attached to an aromatic ring is 1. The number of carbonyl (C=O) groups is 1. The Balaban J connectivity index is 1.22. The lowest BCUT2D eigenvalue weighted by molar-refractivity contribution is 0.154. The lowest BCUT2D eigenvalue weighted by Crippen LogP contribution is -2.54. The second-order valence-corrected chi connectivity index (χ2v) is 9.84. The molecule has 2 amide bonds. The van der Waals surface area contributed by atoms with Gasteiger partial charge in [-0.15, -0.1) is 0 Å². The van der Waals surface area contributed by atoms with Crippen molar-refractivity contribution in [3.63, 3.8) is 0 Å². The number of rotatable bonds is 3. The molecular weight excluding hydrogens is 426 g/mol. The highest BCUT2D eigenvalue weighted by molar-refractivity contribution is 5.76. The number of anilines is 1. The molecular formula is C26H27N7O. The zero-order valence-electron chi connectivity index (χ0n) is 19.0. The number of nitrogens with two attached hydrogens (primary N) is 1. The monoisotopic (exact) mass is 453 g/mol. The molecule has 2 aromatic heterocycles. The van der Waals surface area contributed by atoms with Crippen LogP contribution in [0.2, 0.25) is 0 Å². The fourth-order valence-electron chi connectivity index (χ4n) is 5.82. The molecule has 1 atom stereocenters. The summed E-state index contributed by atoms with van der Waals surface area (Å²) < 4.78 is 2.05. The lowest BCUT2D eigenvalue weighted by atomic mass is 9.72. The van der Waals surface area contributed by atoms with Crippen molar-refractivity contribution in [1.82, 2.24) is 25.0 Å². The van der Waals surface area contributed by atoms with Crippen LogP contribution < -0.4 is 11.1 Å². The first-order chi connectivity index (χ1) is 16.5. The van der Waals surface area contributed by atoms with E-state index in [1.807, 2.05) is 23.1 Å². The summed E-state index contributed by atoms with van der Waals surface area (Å²) in [6.45, 7) is 2.25. The van der Waals surface area contributed by atoms with Crippen molar-refractivity contribution in [2.75, 3.05) is 18.8 Å². The SMILES string of the molecule is N#Cc1cc(-c2cc3n(n2)CCC32CCN(C(=O)NC3(c4ccccc4)CCC3)C2)cnc1N. The maximum absolute atomic E-state index is 13.3. The Bertz CT molecular complexity index is 1300. The number of nitrogens with zero attached hydrogens (tertiary/aromatic N) is 5. The fourth-order valence-corrected chi connectivity index (χ4v) is 5.82. The maximum Gasteiger partial charge on any atom is 0.318 e. The summed E-state index contributed by atoms with van der Waals surface area (Å²) in [6, 6.07) is 16.3. The molecule has 172 valence electrons. The molecule has 6 rings (SSSR count). The van der Waals surface area contributed by atoms with Crippen LogP contribution in [0.4, 0.5) is 10.6 Å². The highest BCUT2D eigenvalue weighted by Gasteiger charge is 2.48. The Hall–Kier alpha value is -3.86. The molecule has 3 N–H and O–H groups in total. The van der Waals surface area contributed by atoms with Gasteiger partial charge in [0.1, 0.15) is 11.9 Å². The second kappa shape index (κ2) is 7.59. The summed E-state index contributed by atoms with van der Waals surface area (Å²) in [7, 11) is 0. The fraction of sp³-hybridized carbons (Fsp3) is 0.385. The molecule has 0 bridgehead atoms. The number of amides is 2. The topological polar surface area (TPSA) is 113 Å². The Labute approximate surface area is 198 Å².